The van der Waals surface area contributed by atoms with Gasteiger partial charge in [0.05, 0.1) is 47.5 Å². The lowest BCUT2D eigenvalue weighted by atomic mass is 9.77. The first-order valence-corrected chi connectivity index (χ1v) is 12.0. The largest absolute Gasteiger partial charge is 0.493 e. The topological polar surface area (TPSA) is 80.7 Å². The van der Waals surface area contributed by atoms with Gasteiger partial charge < -0.3 is 33.9 Å². The number of ether oxygens (including phenoxy) is 4. The summed E-state index contributed by atoms with van der Waals surface area (Å²) in [6.07, 6.45) is 1.35. The summed E-state index contributed by atoms with van der Waals surface area (Å²) in [5.41, 5.74) is 4.16. The van der Waals surface area contributed by atoms with E-state index in [9.17, 15) is 9.90 Å². The van der Waals surface area contributed by atoms with Gasteiger partial charge in [-0.2, -0.15) is 0 Å². The molecule has 0 saturated heterocycles. The second-order valence-corrected chi connectivity index (χ2v) is 9.36. The number of hydrogen-bond donors (Lipinski definition) is 1. The third-order valence-corrected chi connectivity index (χ3v) is 7.14. The van der Waals surface area contributed by atoms with Gasteiger partial charge in [-0.05, 0) is 73.0 Å². The molecule has 1 heterocycles. The molecular formula is C27H37ClN2O6. The van der Waals surface area contributed by atoms with Gasteiger partial charge >= 0.3 is 0 Å². The average Bonchev–Trinajstić information content (AvgIpc) is 2.96. The SMILES string of the molecule is COc1cc2c(cc1OC)C(O)CN(CCCN(C)C[C@H]1Cc3cc(OC)c(OC)cc31)C(=O)C2.Cl. The van der Waals surface area contributed by atoms with Crippen molar-refractivity contribution in [2.45, 2.75) is 31.3 Å². The number of halogens is 1. The van der Waals surface area contributed by atoms with Crippen molar-refractivity contribution in [2.24, 2.45) is 0 Å². The van der Waals surface area contributed by atoms with Crippen molar-refractivity contribution in [2.75, 3.05) is 61.7 Å². The van der Waals surface area contributed by atoms with Crippen LogP contribution in [0.15, 0.2) is 24.3 Å². The average molecular weight is 521 g/mol. The molecule has 1 amide bonds. The molecule has 9 heteroatoms. The maximum absolute atomic E-state index is 12.9. The van der Waals surface area contributed by atoms with E-state index in [1.54, 1.807) is 45.5 Å². The third-order valence-electron chi connectivity index (χ3n) is 7.14. The van der Waals surface area contributed by atoms with Gasteiger partial charge in [-0.25, -0.2) is 0 Å². The van der Waals surface area contributed by atoms with Crippen LogP contribution in [-0.4, -0.2) is 82.5 Å². The molecule has 0 radical (unpaired) electrons. The zero-order valence-corrected chi connectivity index (χ0v) is 22.5. The highest BCUT2D eigenvalue weighted by molar-refractivity contribution is 5.85. The van der Waals surface area contributed by atoms with Crippen molar-refractivity contribution in [3.63, 3.8) is 0 Å². The number of aliphatic hydroxyl groups is 1. The molecule has 2 aliphatic rings. The monoisotopic (exact) mass is 520 g/mol. The number of β-amino-alcohol motifs (C(OH)–C–C–N with tert-alkyl or cyclic N) is 1. The Hall–Kier alpha value is -2.68. The number of methoxy groups -OCH3 is 4. The Bertz CT molecular complexity index is 1080. The van der Waals surface area contributed by atoms with Crippen LogP contribution in [0.5, 0.6) is 23.0 Å². The van der Waals surface area contributed by atoms with E-state index in [0.717, 1.165) is 48.6 Å². The fourth-order valence-electron chi connectivity index (χ4n) is 5.20. The van der Waals surface area contributed by atoms with Crippen LogP contribution in [0.4, 0.5) is 0 Å². The first kappa shape index (κ1) is 27.9. The predicted molar refractivity (Wildman–Crippen MR) is 140 cm³/mol. The van der Waals surface area contributed by atoms with Crippen LogP contribution >= 0.6 is 12.4 Å². The maximum Gasteiger partial charge on any atom is 0.227 e. The van der Waals surface area contributed by atoms with Gasteiger partial charge in [0.1, 0.15) is 0 Å². The van der Waals surface area contributed by atoms with Crippen LogP contribution in [0.2, 0.25) is 0 Å². The lowest BCUT2D eigenvalue weighted by molar-refractivity contribution is -0.131. The molecule has 198 valence electrons. The van der Waals surface area contributed by atoms with E-state index < -0.39 is 6.10 Å². The lowest BCUT2D eigenvalue weighted by Crippen LogP contribution is -2.37. The van der Waals surface area contributed by atoms with Crippen LogP contribution in [0, 0.1) is 0 Å². The van der Waals surface area contributed by atoms with Crippen molar-refractivity contribution >= 4 is 18.3 Å². The third kappa shape index (κ3) is 5.66. The van der Waals surface area contributed by atoms with Gasteiger partial charge in [-0.1, -0.05) is 0 Å². The summed E-state index contributed by atoms with van der Waals surface area (Å²) in [7, 11) is 8.58. The molecule has 1 unspecified atom stereocenters. The van der Waals surface area contributed by atoms with Crippen LogP contribution < -0.4 is 18.9 Å². The lowest BCUT2D eigenvalue weighted by Gasteiger charge is -2.34. The van der Waals surface area contributed by atoms with Crippen molar-refractivity contribution in [3.8, 4) is 23.0 Å². The number of fused-ring (bicyclic) bond motifs is 2. The summed E-state index contributed by atoms with van der Waals surface area (Å²) < 4.78 is 21.6. The molecule has 0 fully saturated rings. The van der Waals surface area contributed by atoms with Crippen LogP contribution in [0.25, 0.3) is 0 Å². The molecule has 2 atom stereocenters. The van der Waals surface area contributed by atoms with Crippen molar-refractivity contribution in [3.05, 3.63) is 46.5 Å². The molecule has 0 spiro atoms. The van der Waals surface area contributed by atoms with Crippen LogP contribution in [0.1, 0.15) is 40.7 Å². The number of carbonyl (C=O) groups excluding carboxylic acids is 1. The summed E-state index contributed by atoms with van der Waals surface area (Å²) in [5, 5.41) is 10.8. The Morgan fingerprint density at radius 1 is 0.917 bits per heavy atom. The molecule has 36 heavy (non-hydrogen) atoms. The minimum absolute atomic E-state index is 0. The van der Waals surface area contributed by atoms with Crippen LogP contribution in [0.3, 0.4) is 0 Å². The Morgan fingerprint density at radius 3 is 2.08 bits per heavy atom. The Balaban J connectivity index is 0.00000361. The Kier molecular flexibility index (Phi) is 9.33. The van der Waals surface area contributed by atoms with Gasteiger partial charge in [0, 0.05) is 19.0 Å². The Morgan fingerprint density at radius 2 is 1.47 bits per heavy atom. The molecule has 2 aromatic rings. The molecule has 4 rings (SSSR count). The van der Waals surface area contributed by atoms with E-state index in [1.165, 1.54) is 11.1 Å². The first-order valence-electron chi connectivity index (χ1n) is 12.0. The van der Waals surface area contributed by atoms with E-state index >= 15 is 0 Å². The van der Waals surface area contributed by atoms with Crippen LogP contribution in [-0.2, 0) is 17.6 Å². The zero-order valence-electron chi connectivity index (χ0n) is 21.7. The fraction of sp³-hybridized carbons (Fsp3) is 0.519. The highest BCUT2D eigenvalue weighted by Gasteiger charge is 2.30. The summed E-state index contributed by atoms with van der Waals surface area (Å²) >= 11 is 0. The second-order valence-electron chi connectivity index (χ2n) is 9.36. The number of aliphatic hydroxyl groups excluding tert-OH is 1. The minimum Gasteiger partial charge on any atom is -0.493 e. The summed E-state index contributed by atoms with van der Waals surface area (Å²) in [5.74, 6) is 3.16. The molecule has 2 aromatic carbocycles. The summed E-state index contributed by atoms with van der Waals surface area (Å²) in [6.45, 7) is 2.70. The first-order chi connectivity index (χ1) is 16.9. The molecule has 8 nitrogen and oxygen atoms in total. The van der Waals surface area contributed by atoms with Crippen molar-refractivity contribution < 1.29 is 28.8 Å². The normalized spacial score (nSPS) is 18.4. The van der Waals surface area contributed by atoms with E-state index in [1.807, 2.05) is 0 Å². The molecule has 1 N–H and O–H groups in total. The highest BCUT2D eigenvalue weighted by Crippen LogP contribution is 2.42. The van der Waals surface area contributed by atoms with E-state index in [2.05, 4.69) is 24.1 Å². The highest BCUT2D eigenvalue weighted by atomic mass is 35.5. The molecule has 0 bridgehead atoms. The van der Waals surface area contributed by atoms with E-state index in [-0.39, 0.29) is 31.3 Å². The number of hydrogen-bond acceptors (Lipinski definition) is 7. The van der Waals surface area contributed by atoms with E-state index in [0.29, 0.717) is 24.0 Å². The maximum atomic E-state index is 12.9. The Labute approximate surface area is 219 Å². The molecular weight excluding hydrogens is 484 g/mol. The van der Waals surface area contributed by atoms with Gasteiger partial charge in [0.2, 0.25) is 5.91 Å². The number of likely N-dealkylation sites (N-methyl/N-ethyl adjacent to an activating group) is 1. The number of benzene rings is 2. The standard InChI is InChI=1S/C27H36N2O6.ClH/c1-28(15-19-9-17-10-23(32-2)25(34-4)13-20(17)19)7-6-8-29-16-22(30)21-14-26(35-5)24(33-3)11-18(21)12-27(29)31;/h10-11,13-14,19,22,30H,6-9,12,15-16H2,1-5H3;1H/t19-,22?;/m1./s1. The van der Waals surface area contributed by atoms with E-state index in [4.69, 9.17) is 18.9 Å². The number of rotatable bonds is 10. The van der Waals surface area contributed by atoms with Crippen molar-refractivity contribution in [1.82, 2.24) is 9.80 Å². The molecule has 1 aliphatic heterocycles. The summed E-state index contributed by atoms with van der Waals surface area (Å²) in [4.78, 5) is 17.0. The molecule has 0 saturated carbocycles. The smallest absolute Gasteiger partial charge is 0.227 e. The zero-order chi connectivity index (χ0) is 25.1. The van der Waals surface area contributed by atoms with Gasteiger partial charge in [-0.15, -0.1) is 12.4 Å². The fourth-order valence-corrected chi connectivity index (χ4v) is 5.20. The second kappa shape index (κ2) is 12.0. The quantitative estimate of drug-likeness (QED) is 0.515. The van der Waals surface area contributed by atoms with Gasteiger partial charge in [0.15, 0.2) is 23.0 Å². The minimum atomic E-state index is -0.757. The van der Waals surface area contributed by atoms with Gasteiger partial charge in [-0.3, -0.25) is 4.79 Å². The number of nitrogens with zero attached hydrogens (tertiary/aromatic N) is 2. The summed E-state index contributed by atoms with van der Waals surface area (Å²) in [6, 6.07) is 7.75. The predicted octanol–water partition coefficient (Wildman–Crippen LogP) is 3.22. The van der Waals surface area contributed by atoms with Gasteiger partial charge in [0.25, 0.3) is 0 Å². The molecule has 1 aliphatic carbocycles. The number of carbonyl (C=O) groups is 1. The molecule has 0 aromatic heterocycles. The number of amides is 1. The van der Waals surface area contributed by atoms with Crippen molar-refractivity contribution in [1.29, 1.82) is 0 Å².